The molecule has 0 radical (unpaired) electrons. The fourth-order valence-corrected chi connectivity index (χ4v) is 9.30. The van der Waals surface area contributed by atoms with Gasteiger partial charge < -0.3 is 5.11 Å². The Kier molecular flexibility index (Phi) is 6.53. The maximum absolute atomic E-state index is 10.2. The van der Waals surface area contributed by atoms with Crippen molar-refractivity contribution in [3.8, 4) is 0 Å². The Hall–Kier alpha value is -0.300. The Morgan fingerprint density at radius 1 is 1.00 bits per heavy atom. The van der Waals surface area contributed by atoms with Crippen LogP contribution in [0.4, 0.5) is 0 Å². The van der Waals surface area contributed by atoms with E-state index in [1.54, 1.807) is 5.57 Å². The fraction of sp³-hybridized carbons (Fsp3) is 0.931. The van der Waals surface area contributed by atoms with E-state index in [-0.39, 0.29) is 6.10 Å². The molecule has 3 fully saturated rings. The summed E-state index contributed by atoms with van der Waals surface area (Å²) < 4.78 is 0. The van der Waals surface area contributed by atoms with Crippen LogP contribution in [0, 0.1) is 52.3 Å². The summed E-state index contributed by atoms with van der Waals surface area (Å²) in [5.74, 6) is 6.31. The quantitative estimate of drug-likeness (QED) is 0.436. The van der Waals surface area contributed by atoms with Crippen LogP contribution in [-0.4, -0.2) is 11.2 Å². The molecule has 0 aliphatic heterocycles. The van der Waals surface area contributed by atoms with Crippen molar-refractivity contribution in [1.82, 2.24) is 0 Å². The lowest BCUT2D eigenvalue weighted by Gasteiger charge is -2.58. The topological polar surface area (TPSA) is 20.2 Å². The van der Waals surface area contributed by atoms with Crippen LogP contribution in [0.2, 0.25) is 0 Å². The Morgan fingerprint density at radius 2 is 1.77 bits per heavy atom. The number of rotatable bonds is 6. The summed E-state index contributed by atoms with van der Waals surface area (Å²) in [6, 6.07) is 0. The highest BCUT2D eigenvalue weighted by molar-refractivity contribution is 5.25. The maximum Gasteiger partial charge on any atom is 0.0577 e. The van der Waals surface area contributed by atoms with Crippen molar-refractivity contribution in [2.75, 3.05) is 0 Å². The standard InChI is InChI=1S/C29H50O/c1-7-21(19(2)3)9-8-20(4)25-12-13-26-24-11-10-22-18-23(30)14-16-28(22,5)27(24)15-17-29(25,26)6/h10,19-21,23-27,30H,7-9,11-18H2,1-6H3/t20-,21+,23+,24-,25-,26+,27-,28+,29-/m1/s1. The summed E-state index contributed by atoms with van der Waals surface area (Å²) in [5.41, 5.74) is 2.59. The van der Waals surface area contributed by atoms with Crippen molar-refractivity contribution >= 4 is 0 Å². The summed E-state index contributed by atoms with van der Waals surface area (Å²) in [6.45, 7) is 15.1. The van der Waals surface area contributed by atoms with Gasteiger partial charge in [-0.05, 0) is 110 Å². The highest BCUT2D eigenvalue weighted by Gasteiger charge is 2.59. The molecule has 0 heterocycles. The molecule has 4 aliphatic rings. The molecule has 0 aromatic heterocycles. The molecule has 1 nitrogen and oxygen atoms in total. The highest BCUT2D eigenvalue weighted by Crippen LogP contribution is 2.67. The summed E-state index contributed by atoms with van der Waals surface area (Å²) in [5, 5.41) is 10.2. The third kappa shape index (κ3) is 3.74. The molecule has 0 aromatic rings. The Bertz CT molecular complexity index is 634. The minimum Gasteiger partial charge on any atom is -0.393 e. The van der Waals surface area contributed by atoms with Gasteiger partial charge in [0.05, 0.1) is 6.10 Å². The summed E-state index contributed by atoms with van der Waals surface area (Å²) in [6.07, 6.45) is 17.1. The van der Waals surface area contributed by atoms with Gasteiger partial charge in [0, 0.05) is 0 Å². The van der Waals surface area contributed by atoms with Gasteiger partial charge in [-0.25, -0.2) is 0 Å². The lowest BCUT2D eigenvalue weighted by Crippen LogP contribution is -2.50. The summed E-state index contributed by atoms with van der Waals surface area (Å²) in [4.78, 5) is 0. The van der Waals surface area contributed by atoms with Gasteiger partial charge in [-0.2, -0.15) is 0 Å². The number of hydrogen-bond donors (Lipinski definition) is 1. The van der Waals surface area contributed by atoms with Crippen LogP contribution in [0.5, 0.6) is 0 Å². The second-order valence-electron chi connectivity index (χ2n) is 12.9. The van der Waals surface area contributed by atoms with E-state index in [0.29, 0.717) is 10.8 Å². The average molecular weight is 415 g/mol. The van der Waals surface area contributed by atoms with E-state index in [2.05, 4.69) is 47.6 Å². The second-order valence-corrected chi connectivity index (χ2v) is 12.9. The first-order chi connectivity index (χ1) is 14.2. The smallest absolute Gasteiger partial charge is 0.0577 e. The van der Waals surface area contributed by atoms with Crippen molar-refractivity contribution in [2.45, 2.75) is 118 Å². The molecule has 0 spiro atoms. The molecule has 4 aliphatic carbocycles. The van der Waals surface area contributed by atoms with E-state index < -0.39 is 0 Å². The highest BCUT2D eigenvalue weighted by atomic mass is 16.3. The van der Waals surface area contributed by atoms with E-state index in [0.717, 1.165) is 54.3 Å². The van der Waals surface area contributed by atoms with Gasteiger partial charge in [0.15, 0.2) is 0 Å². The third-order valence-electron chi connectivity index (χ3n) is 11.3. The molecule has 30 heavy (non-hydrogen) atoms. The molecular weight excluding hydrogens is 364 g/mol. The van der Waals surface area contributed by atoms with Gasteiger partial charge in [-0.15, -0.1) is 0 Å². The monoisotopic (exact) mass is 414 g/mol. The molecule has 9 atom stereocenters. The van der Waals surface area contributed by atoms with Crippen molar-refractivity contribution < 1.29 is 5.11 Å². The minimum atomic E-state index is -0.0794. The number of fused-ring (bicyclic) bond motifs is 5. The van der Waals surface area contributed by atoms with Crippen molar-refractivity contribution in [1.29, 1.82) is 0 Å². The van der Waals surface area contributed by atoms with E-state index in [9.17, 15) is 5.11 Å². The average Bonchev–Trinajstić information content (AvgIpc) is 3.06. The molecule has 1 heteroatoms. The molecule has 1 N–H and O–H groups in total. The van der Waals surface area contributed by atoms with Crippen LogP contribution in [-0.2, 0) is 0 Å². The van der Waals surface area contributed by atoms with Gasteiger partial charge in [0.2, 0.25) is 0 Å². The van der Waals surface area contributed by atoms with Crippen LogP contribution in [0.3, 0.4) is 0 Å². The van der Waals surface area contributed by atoms with Crippen molar-refractivity contribution in [3.63, 3.8) is 0 Å². The fourth-order valence-electron chi connectivity index (χ4n) is 9.30. The van der Waals surface area contributed by atoms with Crippen LogP contribution in [0.1, 0.15) is 112 Å². The molecule has 172 valence electrons. The second kappa shape index (κ2) is 8.57. The van der Waals surface area contributed by atoms with E-state index >= 15 is 0 Å². The van der Waals surface area contributed by atoms with Crippen LogP contribution in [0.25, 0.3) is 0 Å². The number of aliphatic hydroxyl groups is 1. The normalized spacial score (nSPS) is 45.3. The van der Waals surface area contributed by atoms with Crippen LogP contribution < -0.4 is 0 Å². The van der Waals surface area contributed by atoms with E-state index in [1.165, 1.54) is 57.8 Å². The summed E-state index contributed by atoms with van der Waals surface area (Å²) >= 11 is 0. The van der Waals surface area contributed by atoms with E-state index in [4.69, 9.17) is 0 Å². The number of allylic oxidation sites excluding steroid dienone is 1. The third-order valence-corrected chi connectivity index (χ3v) is 11.3. The van der Waals surface area contributed by atoms with Crippen molar-refractivity contribution in [3.05, 3.63) is 11.6 Å². The van der Waals surface area contributed by atoms with Gasteiger partial charge in [0.1, 0.15) is 0 Å². The predicted octanol–water partition coefficient (Wildman–Crippen LogP) is 8.02. The molecule has 0 unspecified atom stereocenters. The van der Waals surface area contributed by atoms with Crippen molar-refractivity contribution in [2.24, 2.45) is 52.3 Å². The van der Waals surface area contributed by atoms with Gasteiger partial charge in [-0.3, -0.25) is 0 Å². The number of aliphatic hydroxyl groups excluding tert-OH is 1. The zero-order valence-electron chi connectivity index (χ0n) is 20.9. The SMILES string of the molecule is CC[C@@H](CC[C@@H](C)[C@H]1CC[C@H]2[C@H]3CC=C4C[C@@H](O)CC[C@]4(C)[C@@H]3CC[C@]12C)C(C)C. The molecule has 4 rings (SSSR count). The minimum absolute atomic E-state index is 0.0794. The molecule has 0 bridgehead atoms. The van der Waals surface area contributed by atoms with Gasteiger partial charge in [-0.1, -0.05) is 66.0 Å². The number of hydrogen-bond acceptors (Lipinski definition) is 1. The first kappa shape index (κ1) is 22.9. The molecule has 0 saturated heterocycles. The maximum atomic E-state index is 10.2. The predicted molar refractivity (Wildman–Crippen MR) is 128 cm³/mol. The molecule has 0 amide bonds. The van der Waals surface area contributed by atoms with E-state index in [1.807, 2.05) is 0 Å². The zero-order chi connectivity index (χ0) is 21.7. The first-order valence-electron chi connectivity index (χ1n) is 13.6. The zero-order valence-corrected chi connectivity index (χ0v) is 20.9. The van der Waals surface area contributed by atoms with Crippen LogP contribution >= 0.6 is 0 Å². The molecule has 0 aromatic carbocycles. The largest absolute Gasteiger partial charge is 0.393 e. The van der Waals surface area contributed by atoms with Crippen LogP contribution in [0.15, 0.2) is 11.6 Å². The van der Waals surface area contributed by atoms with Gasteiger partial charge in [0.25, 0.3) is 0 Å². The first-order valence-corrected chi connectivity index (χ1v) is 13.6. The Labute approximate surface area is 187 Å². The lowest BCUT2D eigenvalue weighted by molar-refractivity contribution is -0.0575. The molecular formula is C29H50O. The Morgan fingerprint density at radius 3 is 2.47 bits per heavy atom. The molecule has 3 saturated carbocycles. The van der Waals surface area contributed by atoms with Gasteiger partial charge >= 0.3 is 0 Å². The summed E-state index contributed by atoms with van der Waals surface area (Å²) in [7, 11) is 0. The lowest BCUT2D eigenvalue weighted by atomic mass is 9.47. The Balaban J connectivity index is 1.47.